The van der Waals surface area contributed by atoms with Gasteiger partial charge in [-0.05, 0) is 19.4 Å². The second kappa shape index (κ2) is 3.75. The fraction of sp³-hybridized carbons (Fsp3) is 0.455. The number of hydrogen-bond donors (Lipinski definition) is 1. The number of imidazole rings is 1. The van der Waals surface area contributed by atoms with Gasteiger partial charge in [-0.25, -0.2) is 9.97 Å². The molecule has 1 atom stereocenters. The fourth-order valence-electron chi connectivity index (χ4n) is 2.19. The number of fused-ring (bicyclic) bond motifs is 1. The van der Waals surface area contributed by atoms with Gasteiger partial charge in [-0.3, -0.25) is 4.40 Å². The number of nitrogens with one attached hydrogen (secondary N) is 1. The molecule has 0 amide bonds. The molecule has 3 heterocycles. The minimum absolute atomic E-state index is 0.405. The van der Waals surface area contributed by atoms with E-state index >= 15 is 0 Å². The Morgan fingerprint density at radius 1 is 1.44 bits per heavy atom. The first kappa shape index (κ1) is 9.59. The summed E-state index contributed by atoms with van der Waals surface area (Å²) in [7, 11) is 1.62. The number of hydrogen-bond acceptors (Lipinski definition) is 4. The van der Waals surface area contributed by atoms with E-state index in [0.29, 0.717) is 11.9 Å². The van der Waals surface area contributed by atoms with Crippen molar-refractivity contribution in [2.24, 2.45) is 0 Å². The van der Waals surface area contributed by atoms with Gasteiger partial charge in [0.25, 0.3) is 0 Å². The van der Waals surface area contributed by atoms with Gasteiger partial charge in [-0.15, -0.1) is 0 Å². The van der Waals surface area contributed by atoms with Crippen LogP contribution in [-0.2, 0) is 0 Å². The summed E-state index contributed by atoms with van der Waals surface area (Å²) in [5.74, 6) is 0.616. The maximum absolute atomic E-state index is 5.13. The summed E-state index contributed by atoms with van der Waals surface area (Å²) >= 11 is 0. The van der Waals surface area contributed by atoms with Gasteiger partial charge in [-0.1, -0.05) is 0 Å². The molecule has 2 aromatic heterocycles. The van der Waals surface area contributed by atoms with E-state index in [0.717, 1.165) is 12.2 Å². The fourth-order valence-corrected chi connectivity index (χ4v) is 2.19. The van der Waals surface area contributed by atoms with Crippen LogP contribution < -0.4 is 10.1 Å². The first-order chi connectivity index (χ1) is 7.88. The summed E-state index contributed by atoms with van der Waals surface area (Å²) in [6.07, 6.45) is 7.92. The van der Waals surface area contributed by atoms with Crippen molar-refractivity contribution in [2.45, 2.75) is 18.9 Å². The molecule has 0 aliphatic carbocycles. The summed E-state index contributed by atoms with van der Waals surface area (Å²) in [5, 5.41) is 3.47. The standard InChI is InChI=1S/C11H14N4O/c1-16-11-7-15-9(8-3-2-4-12-8)5-13-10(15)6-14-11/h5-8,12H,2-4H2,1H3. The molecule has 5 nitrogen and oxygen atoms in total. The van der Waals surface area contributed by atoms with Crippen molar-refractivity contribution < 1.29 is 4.74 Å². The van der Waals surface area contributed by atoms with Crippen LogP contribution in [-0.4, -0.2) is 28.0 Å². The van der Waals surface area contributed by atoms with Gasteiger partial charge in [0, 0.05) is 6.04 Å². The number of aromatic nitrogens is 3. The highest BCUT2D eigenvalue weighted by Crippen LogP contribution is 2.24. The van der Waals surface area contributed by atoms with Crippen molar-refractivity contribution in [3.63, 3.8) is 0 Å². The Balaban J connectivity index is 2.09. The van der Waals surface area contributed by atoms with E-state index in [-0.39, 0.29) is 0 Å². The SMILES string of the molecule is COc1cn2c(C3CCCN3)cnc2cn1. The molecule has 84 valence electrons. The molecule has 1 aliphatic heterocycles. The van der Waals surface area contributed by atoms with Gasteiger partial charge in [0.2, 0.25) is 5.88 Å². The van der Waals surface area contributed by atoms with E-state index in [2.05, 4.69) is 19.7 Å². The van der Waals surface area contributed by atoms with Crippen molar-refractivity contribution in [1.29, 1.82) is 0 Å². The molecule has 0 spiro atoms. The maximum Gasteiger partial charge on any atom is 0.230 e. The van der Waals surface area contributed by atoms with Gasteiger partial charge in [0.1, 0.15) is 0 Å². The lowest BCUT2D eigenvalue weighted by Gasteiger charge is -2.09. The highest BCUT2D eigenvalue weighted by atomic mass is 16.5. The van der Waals surface area contributed by atoms with Gasteiger partial charge in [0.15, 0.2) is 5.65 Å². The molecule has 0 aromatic carbocycles. The molecule has 2 aromatic rings. The third kappa shape index (κ3) is 1.44. The molecule has 3 rings (SSSR count). The lowest BCUT2D eigenvalue weighted by atomic mass is 10.2. The summed E-state index contributed by atoms with van der Waals surface area (Å²) < 4.78 is 7.18. The zero-order chi connectivity index (χ0) is 11.0. The van der Waals surface area contributed by atoms with E-state index in [1.807, 2.05) is 12.4 Å². The Kier molecular flexibility index (Phi) is 2.25. The second-order valence-electron chi connectivity index (χ2n) is 3.99. The number of ether oxygens (including phenoxy) is 1. The lowest BCUT2D eigenvalue weighted by Crippen LogP contribution is -2.14. The topological polar surface area (TPSA) is 51.5 Å². The highest BCUT2D eigenvalue weighted by Gasteiger charge is 2.19. The van der Waals surface area contributed by atoms with Crippen LogP contribution in [0.15, 0.2) is 18.6 Å². The van der Waals surface area contributed by atoms with Crippen molar-refractivity contribution in [3.8, 4) is 5.88 Å². The molecule has 0 radical (unpaired) electrons. The van der Waals surface area contributed by atoms with Gasteiger partial charge in [0.05, 0.1) is 31.4 Å². The van der Waals surface area contributed by atoms with Gasteiger partial charge >= 0.3 is 0 Å². The predicted molar refractivity (Wildman–Crippen MR) is 59.5 cm³/mol. The van der Waals surface area contributed by atoms with E-state index in [9.17, 15) is 0 Å². The molecule has 1 N–H and O–H groups in total. The summed E-state index contributed by atoms with van der Waals surface area (Å²) in [6, 6.07) is 0.405. The van der Waals surface area contributed by atoms with Crippen LogP contribution in [0.3, 0.4) is 0 Å². The number of rotatable bonds is 2. The van der Waals surface area contributed by atoms with Crippen LogP contribution in [0.1, 0.15) is 24.6 Å². The normalized spacial score (nSPS) is 20.4. The van der Waals surface area contributed by atoms with Crippen LogP contribution in [0, 0.1) is 0 Å². The minimum Gasteiger partial charge on any atom is -0.480 e. The minimum atomic E-state index is 0.405. The molecule has 1 unspecified atom stereocenters. The average Bonchev–Trinajstić information content (AvgIpc) is 2.96. The number of nitrogens with zero attached hydrogens (tertiary/aromatic N) is 3. The third-order valence-corrected chi connectivity index (χ3v) is 3.03. The lowest BCUT2D eigenvalue weighted by molar-refractivity contribution is 0.394. The molecule has 1 saturated heterocycles. The third-order valence-electron chi connectivity index (χ3n) is 3.03. The maximum atomic E-state index is 5.13. The van der Waals surface area contributed by atoms with E-state index in [1.165, 1.54) is 18.5 Å². The molecular formula is C11H14N4O. The number of methoxy groups -OCH3 is 1. The molecule has 1 aliphatic rings. The molecule has 0 saturated carbocycles. The molecule has 0 bridgehead atoms. The van der Waals surface area contributed by atoms with Gasteiger partial charge in [-0.2, -0.15) is 0 Å². The van der Waals surface area contributed by atoms with Crippen molar-refractivity contribution in [3.05, 3.63) is 24.3 Å². The zero-order valence-corrected chi connectivity index (χ0v) is 9.18. The van der Waals surface area contributed by atoms with E-state index in [1.54, 1.807) is 13.3 Å². The second-order valence-corrected chi connectivity index (χ2v) is 3.99. The van der Waals surface area contributed by atoms with Crippen LogP contribution in [0.4, 0.5) is 0 Å². The Labute approximate surface area is 93.5 Å². The Morgan fingerprint density at radius 3 is 3.12 bits per heavy atom. The Bertz CT molecular complexity index is 502. The monoisotopic (exact) mass is 218 g/mol. The van der Waals surface area contributed by atoms with Crippen molar-refractivity contribution >= 4 is 5.65 Å². The first-order valence-electron chi connectivity index (χ1n) is 5.49. The van der Waals surface area contributed by atoms with Crippen molar-refractivity contribution in [2.75, 3.05) is 13.7 Å². The smallest absolute Gasteiger partial charge is 0.230 e. The van der Waals surface area contributed by atoms with E-state index in [4.69, 9.17) is 4.74 Å². The van der Waals surface area contributed by atoms with E-state index < -0.39 is 0 Å². The van der Waals surface area contributed by atoms with Gasteiger partial charge < -0.3 is 10.1 Å². The first-order valence-corrected chi connectivity index (χ1v) is 5.49. The Morgan fingerprint density at radius 2 is 2.38 bits per heavy atom. The molecule has 1 fully saturated rings. The van der Waals surface area contributed by atoms with Crippen molar-refractivity contribution in [1.82, 2.24) is 19.7 Å². The molecule has 5 heteroatoms. The summed E-state index contributed by atoms with van der Waals surface area (Å²) in [4.78, 5) is 8.48. The highest BCUT2D eigenvalue weighted by molar-refractivity contribution is 5.40. The average molecular weight is 218 g/mol. The quantitative estimate of drug-likeness (QED) is 0.822. The summed E-state index contributed by atoms with van der Waals surface area (Å²) in [6.45, 7) is 1.08. The Hall–Kier alpha value is -1.62. The summed E-state index contributed by atoms with van der Waals surface area (Å²) in [5.41, 5.74) is 2.05. The molecule has 16 heavy (non-hydrogen) atoms. The predicted octanol–water partition coefficient (Wildman–Crippen LogP) is 1.16. The van der Waals surface area contributed by atoms with Crippen LogP contribution in [0.25, 0.3) is 5.65 Å². The largest absolute Gasteiger partial charge is 0.480 e. The van der Waals surface area contributed by atoms with Crippen LogP contribution in [0.5, 0.6) is 5.88 Å². The van der Waals surface area contributed by atoms with Crippen LogP contribution >= 0.6 is 0 Å². The molecular weight excluding hydrogens is 204 g/mol. The zero-order valence-electron chi connectivity index (χ0n) is 9.18. The van der Waals surface area contributed by atoms with Crippen LogP contribution in [0.2, 0.25) is 0 Å².